The summed E-state index contributed by atoms with van der Waals surface area (Å²) < 4.78 is 1.76. The molecule has 0 unspecified atom stereocenters. The fourth-order valence-corrected chi connectivity index (χ4v) is 2.85. The number of anilines is 1. The lowest BCUT2D eigenvalue weighted by molar-refractivity contribution is -0.135. The number of hydrogen-bond donors (Lipinski definition) is 3. The van der Waals surface area contributed by atoms with Gasteiger partial charge in [-0.15, -0.1) is 0 Å². The molecule has 3 N–H and O–H groups in total. The van der Waals surface area contributed by atoms with E-state index in [4.69, 9.17) is 5.11 Å². The molecule has 0 radical (unpaired) electrons. The summed E-state index contributed by atoms with van der Waals surface area (Å²) >= 11 is 0. The summed E-state index contributed by atoms with van der Waals surface area (Å²) in [6.45, 7) is 1.58. The van der Waals surface area contributed by atoms with Crippen molar-refractivity contribution in [3.05, 3.63) is 65.6 Å². The molecule has 0 fully saturated rings. The summed E-state index contributed by atoms with van der Waals surface area (Å²) in [6, 6.07) is 11.8. The Labute approximate surface area is 161 Å². The molecule has 0 bridgehead atoms. The SMILES string of the molecule is CCCc1nc2ccccn2c1C(=O)Nc1ccc(C(=O)NCC(=O)O)cc1. The van der Waals surface area contributed by atoms with Gasteiger partial charge >= 0.3 is 5.97 Å². The number of carboxylic acids is 1. The van der Waals surface area contributed by atoms with E-state index in [1.165, 1.54) is 12.1 Å². The van der Waals surface area contributed by atoms with Gasteiger partial charge < -0.3 is 15.7 Å². The number of carboxylic acid groups (broad SMARTS) is 1. The van der Waals surface area contributed by atoms with E-state index < -0.39 is 18.4 Å². The number of carbonyl (C=O) groups excluding carboxylic acids is 2. The van der Waals surface area contributed by atoms with Crippen molar-refractivity contribution in [2.75, 3.05) is 11.9 Å². The number of carbonyl (C=O) groups is 3. The Hall–Kier alpha value is -3.68. The van der Waals surface area contributed by atoms with Crippen LogP contribution in [0.4, 0.5) is 5.69 Å². The number of nitrogens with one attached hydrogen (secondary N) is 2. The molecule has 0 saturated heterocycles. The van der Waals surface area contributed by atoms with Gasteiger partial charge in [0.2, 0.25) is 0 Å². The van der Waals surface area contributed by atoms with Crippen molar-refractivity contribution in [1.82, 2.24) is 14.7 Å². The van der Waals surface area contributed by atoms with Gasteiger partial charge in [0.05, 0.1) is 5.69 Å². The summed E-state index contributed by atoms with van der Waals surface area (Å²) in [5.74, 6) is -1.90. The highest BCUT2D eigenvalue weighted by atomic mass is 16.4. The van der Waals surface area contributed by atoms with Crippen LogP contribution in [0.3, 0.4) is 0 Å². The van der Waals surface area contributed by atoms with Crippen LogP contribution < -0.4 is 10.6 Å². The summed E-state index contributed by atoms with van der Waals surface area (Å²) in [4.78, 5) is 39.8. The summed E-state index contributed by atoms with van der Waals surface area (Å²) in [7, 11) is 0. The number of amides is 2. The Balaban J connectivity index is 1.78. The van der Waals surface area contributed by atoms with Crippen LogP contribution in [0.2, 0.25) is 0 Å². The topological polar surface area (TPSA) is 113 Å². The first-order valence-corrected chi connectivity index (χ1v) is 8.87. The molecule has 0 saturated carbocycles. The highest BCUT2D eigenvalue weighted by Gasteiger charge is 2.19. The Morgan fingerprint density at radius 2 is 1.82 bits per heavy atom. The number of benzene rings is 1. The maximum atomic E-state index is 12.9. The van der Waals surface area contributed by atoms with Crippen LogP contribution in [-0.2, 0) is 11.2 Å². The highest BCUT2D eigenvalue weighted by Crippen LogP contribution is 2.17. The molecule has 2 aromatic heterocycles. The van der Waals surface area contributed by atoms with Gasteiger partial charge in [-0.1, -0.05) is 19.4 Å². The smallest absolute Gasteiger partial charge is 0.322 e. The number of pyridine rings is 1. The zero-order valence-electron chi connectivity index (χ0n) is 15.3. The van der Waals surface area contributed by atoms with Crippen molar-refractivity contribution in [2.45, 2.75) is 19.8 Å². The highest BCUT2D eigenvalue weighted by molar-refractivity contribution is 6.05. The minimum atomic E-state index is -1.12. The van der Waals surface area contributed by atoms with Crippen LogP contribution in [0, 0.1) is 0 Å². The monoisotopic (exact) mass is 380 g/mol. The fraction of sp³-hybridized carbons (Fsp3) is 0.200. The average Bonchev–Trinajstić information content (AvgIpc) is 3.05. The lowest BCUT2D eigenvalue weighted by Gasteiger charge is -2.08. The van der Waals surface area contributed by atoms with Gasteiger partial charge in [-0.3, -0.25) is 18.8 Å². The van der Waals surface area contributed by atoms with E-state index in [9.17, 15) is 14.4 Å². The predicted molar refractivity (Wildman–Crippen MR) is 104 cm³/mol. The Kier molecular flexibility index (Phi) is 5.69. The third-order valence-corrected chi connectivity index (χ3v) is 4.11. The van der Waals surface area contributed by atoms with Gasteiger partial charge in [0.25, 0.3) is 11.8 Å². The fourth-order valence-electron chi connectivity index (χ4n) is 2.85. The minimum Gasteiger partial charge on any atom is -0.480 e. The van der Waals surface area contributed by atoms with Crippen LogP contribution in [0.1, 0.15) is 39.9 Å². The molecule has 8 nitrogen and oxygen atoms in total. The quantitative estimate of drug-likeness (QED) is 0.582. The molecule has 0 aliphatic heterocycles. The van der Waals surface area contributed by atoms with Gasteiger partial charge in [-0.2, -0.15) is 0 Å². The van der Waals surface area contributed by atoms with E-state index in [1.54, 1.807) is 22.7 Å². The number of fused-ring (bicyclic) bond motifs is 1. The number of nitrogens with zero attached hydrogens (tertiary/aromatic N) is 2. The van der Waals surface area contributed by atoms with E-state index in [1.807, 2.05) is 25.1 Å². The molecule has 0 atom stereocenters. The molecule has 144 valence electrons. The lowest BCUT2D eigenvalue weighted by atomic mass is 10.1. The van der Waals surface area contributed by atoms with Crippen LogP contribution in [0.5, 0.6) is 0 Å². The first-order chi connectivity index (χ1) is 13.5. The zero-order chi connectivity index (χ0) is 20.1. The average molecular weight is 380 g/mol. The van der Waals surface area contributed by atoms with Gasteiger partial charge in [0, 0.05) is 17.4 Å². The number of hydrogen-bond acceptors (Lipinski definition) is 4. The van der Waals surface area contributed by atoms with E-state index in [2.05, 4.69) is 15.6 Å². The maximum Gasteiger partial charge on any atom is 0.322 e. The molecule has 3 aromatic rings. The van der Waals surface area contributed by atoms with Crippen molar-refractivity contribution in [1.29, 1.82) is 0 Å². The minimum absolute atomic E-state index is 0.287. The van der Waals surface area contributed by atoms with Gasteiger partial charge in [-0.05, 0) is 42.8 Å². The van der Waals surface area contributed by atoms with Crippen molar-refractivity contribution >= 4 is 29.1 Å². The van der Waals surface area contributed by atoms with E-state index in [0.717, 1.165) is 12.1 Å². The molecular formula is C20H20N4O4. The molecule has 3 rings (SSSR count). The molecule has 1 aromatic carbocycles. The van der Waals surface area contributed by atoms with Crippen molar-refractivity contribution < 1.29 is 19.5 Å². The molecule has 2 heterocycles. The third kappa shape index (κ3) is 4.17. The van der Waals surface area contributed by atoms with Crippen LogP contribution in [-0.4, -0.2) is 38.8 Å². The Morgan fingerprint density at radius 3 is 2.50 bits per heavy atom. The second-order valence-corrected chi connectivity index (χ2v) is 6.19. The molecule has 0 spiro atoms. The largest absolute Gasteiger partial charge is 0.480 e. The first kappa shape index (κ1) is 19.1. The summed E-state index contributed by atoms with van der Waals surface area (Å²) in [6.07, 6.45) is 3.35. The zero-order valence-corrected chi connectivity index (χ0v) is 15.3. The van der Waals surface area contributed by atoms with Gasteiger partial charge in [0.1, 0.15) is 17.9 Å². The number of aryl methyl sites for hydroxylation is 1. The second kappa shape index (κ2) is 8.34. The molecule has 28 heavy (non-hydrogen) atoms. The van der Waals surface area contributed by atoms with Crippen molar-refractivity contribution in [3.8, 4) is 0 Å². The number of rotatable bonds is 7. The van der Waals surface area contributed by atoms with Crippen molar-refractivity contribution in [3.63, 3.8) is 0 Å². The maximum absolute atomic E-state index is 12.9. The Morgan fingerprint density at radius 1 is 1.07 bits per heavy atom. The molecule has 2 amide bonds. The second-order valence-electron chi connectivity index (χ2n) is 6.19. The van der Waals surface area contributed by atoms with Crippen LogP contribution in [0.25, 0.3) is 5.65 Å². The number of aliphatic carboxylic acids is 1. The molecule has 0 aliphatic rings. The van der Waals surface area contributed by atoms with E-state index >= 15 is 0 Å². The molecule has 0 aliphatic carbocycles. The third-order valence-electron chi connectivity index (χ3n) is 4.11. The van der Waals surface area contributed by atoms with E-state index in [0.29, 0.717) is 29.0 Å². The molecular weight excluding hydrogens is 360 g/mol. The first-order valence-electron chi connectivity index (χ1n) is 8.87. The van der Waals surface area contributed by atoms with Crippen molar-refractivity contribution in [2.24, 2.45) is 0 Å². The summed E-state index contributed by atoms with van der Waals surface area (Å²) in [5.41, 5.74) is 2.76. The lowest BCUT2D eigenvalue weighted by Crippen LogP contribution is -2.29. The van der Waals surface area contributed by atoms with Crippen LogP contribution >= 0.6 is 0 Å². The molecule has 8 heteroatoms. The standard InChI is InChI=1S/C20H20N4O4/c1-2-5-15-18(24-11-4-3-6-16(24)23-15)20(28)22-14-9-7-13(8-10-14)19(27)21-12-17(25)26/h3-4,6-11H,2,5,12H2,1H3,(H,21,27)(H,22,28)(H,25,26). The van der Waals surface area contributed by atoms with E-state index in [-0.39, 0.29) is 5.91 Å². The predicted octanol–water partition coefficient (Wildman–Crippen LogP) is 2.35. The normalized spacial score (nSPS) is 10.6. The summed E-state index contributed by atoms with van der Waals surface area (Å²) in [5, 5.41) is 13.7. The number of aromatic nitrogens is 2. The van der Waals surface area contributed by atoms with Crippen LogP contribution in [0.15, 0.2) is 48.7 Å². The Bertz CT molecular complexity index is 1020. The van der Waals surface area contributed by atoms with Gasteiger partial charge in [-0.25, -0.2) is 4.98 Å². The van der Waals surface area contributed by atoms with Gasteiger partial charge in [0.15, 0.2) is 0 Å². The number of imidazole rings is 1.